The van der Waals surface area contributed by atoms with Crippen molar-refractivity contribution in [3.63, 3.8) is 0 Å². The van der Waals surface area contributed by atoms with E-state index in [2.05, 4.69) is 0 Å². The number of carbonyl (C=O) groups excluding carboxylic acids is 1. The third-order valence-corrected chi connectivity index (χ3v) is 6.36. The van der Waals surface area contributed by atoms with Crippen LogP contribution in [-0.4, -0.2) is 59.5 Å². The van der Waals surface area contributed by atoms with Gasteiger partial charge in [0.25, 0.3) is 5.91 Å². The maximum atomic E-state index is 13.9. The Hall–Kier alpha value is -4.07. The first kappa shape index (κ1) is 25.0. The Bertz CT molecular complexity index is 1210. The van der Waals surface area contributed by atoms with E-state index in [1.165, 1.54) is 7.11 Å². The summed E-state index contributed by atoms with van der Waals surface area (Å²) in [6, 6.07) is 16.2. The summed E-state index contributed by atoms with van der Waals surface area (Å²) >= 11 is 0. The second-order valence-corrected chi connectivity index (χ2v) is 8.20. The highest BCUT2D eigenvalue weighted by Gasteiger charge is 2.35. The van der Waals surface area contributed by atoms with Crippen molar-refractivity contribution in [2.75, 3.05) is 48.7 Å². The lowest BCUT2D eigenvalue weighted by Crippen LogP contribution is -2.42. The molecule has 0 fully saturated rings. The lowest BCUT2D eigenvalue weighted by molar-refractivity contribution is 0.0585. The number of amides is 1. The first-order valence-electron chi connectivity index (χ1n) is 11.6. The van der Waals surface area contributed by atoms with E-state index in [1.54, 1.807) is 46.6 Å². The molecular formula is C28H31NO7. The SMILES string of the molecule is COc1ccc(OC[C@H]2c3cc(OC)c(OC)cc3CCN2C(=O)c2cccc(OC)c2OC)cc1. The van der Waals surface area contributed by atoms with Gasteiger partial charge in [-0.05, 0) is 66.1 Å². The molecule has 0 unspecified atom stereocenters. The molecule has 0 saturated heterocycles. The van der Waals surface area contributed by atoms with Crippen LogP contribution in [0.3, 0.4) is 0 Å². The number of hydrogen-bond acceptors (Lipinski definition) is 7. The number of benzene rings is 3. The molecule has 1 aliphatic rings. The van der Waals surface area contributed by atoms with Crippen LogP contribution in [-0.2, 0) is 6.42 Å². The molecule has 0 N–H and O–H groups in total. The lowest BCUT2D eigenvalue weighted by Gasteiger charge is -2.38. The first-order valence-corrected chi connectivity index (χ1v) is 11.6. The summed E-state index contributed by atoms with van der Waals surface area (Å²) in [6.07, 6.45) is 0.659. The quantitative estimate of drug-likeness (QED) is 0.433. The zero-order chi connectivity index (χ0) is 25.7. The second kappa shape index (κ2) is 11.1. The highest BCUT2D eigenvalue weighted by molar-refractivity contribution is 5.98. The van der Waals surface area contributed by atoms with Gasteiger partial charge in [-0.2, -0.15) is 0 Å². The fourth-order valence-electron chi connectivity index (χ4n) is 4.51. The van der Waals surface area contributed by atoms with E-state index >= 15 is 0 Å². The first-order chi connectivity index (χ1) is 17.5. The van der Waals surface area contributed by atoms with Gasteiger partial charge in [-0.1, -0.05) is 6.07 Å². The van der Waals surface area contributed by atoms with Crippen molar-refractivity contribution in [3.8, 4) is 34.5 Å². The number of nitrogens with zero attached hydrogens (tertiary/aromatic N) is 1. The number of rotatable bonds is 9. The molecule has 8 heteroatoms. The minimum absolute atomic E-state index is 0.172. The van der Waals surface area contributed by atoms with E-state index in [9.17, 15) is 4.79 Å². The van der Waals surface area contributed by atoms with Gasteiger partial charge in [-0.3, -0.25) is 4.79 Å². The monoisotopic (exact) mass is 493 g/mol. The van der Waals surface area contributed by atoms with Gasteiger partial charge in [0, 0.05) is 6.54 Å². The van der Waals surface area contributed by atoms with E-state index in [0.29, 0.717) is 47.3 Å². The molecule has 1 amide bonds. The van der Waals surface area contributed by atoms with E-state index in [4.69, 9.17) is 28.4 Å². The second-order valence-electron chi connectivity index (χ2n) is 8.20. The average Bonchev–Trinajstić information content (AvgIpc) is 2.94. The third-order valence-electron chi connectivity index (χ3n) is 6.36. The highest BCUT2D eigenvalue weighted by atomic mass is 16.5. The van der Waals surface area contributed by atoms with Crippen LogP contribution in [0.15, 0.2) is 54.6 Å². The number of ether oxygens (including phenoxy) is 6. The van der Waals surface area contributed by atoms with E-state index in [-0.39, 0.29) is 18.6 Å². The molecule has 3 aromatic carbocycles. The maximum absolute atomic E-state index is 13.9. The van der Waals surface area contributed by atoms with Crippen molar-refractivity contribution in [2.45, 2.75) is 12.5 Å². The fraction of sp³-hybridized carbons (Fsp3) is 0.321. The largest absolute Gasteiger partial charge is 0.497 e. The Kier molecular flexibility index (Phi) is 7.73. The molecule has 8 nitrogen and oxygen atoms in total. The average molecular weight is 494 g/mol. The summed E-state index contributed by atoms with van der Waals surface area (Å²) in [6.45, 7) is 0.741. The van der Waals surface area contributed by atoms with Crippen LogP contribution in [0.4, 0.5) is 0 Å². The Labute approximate surface area is 211 Å². The zero-order valence-corrected chi connectivity index (χ0v) is 21.2. The van der Waals surface area contributed by atoms with Gasteiger partial charge >= 0.3 is 0 Å². The van der Waals surface area contributed by atoms with Crippen molar-refractivity contribution in [1.29, 1.82) is 0 Å². The summed E-state index contributed by atoms with van der Waals surface area (Å²) in [4.78, 5) is 15.7. The number of fused-ring (bicyclic) bond motifs is 1. The number of methoxy groups -OCH3 is 5. The molecule has 3 aromatic rings. The van der Waals surface area contributed by atoms with Gasteiger partial charge in [0.15, 0.2) is 23.0 Å². The molecule has 0 aromatic heterocycles. The topological polar surface area (TPSA) is 75.7 Å². The lowest BCUT2D eigenvalue weighted by atomic mass is 9.91. The molecular weight excluding hydrogens is 462 g/mol. The van der Waals surface area contributed by atoms with E-state index in [1.807, 2.05) is 41.3 Å². The van der Waals surface area contributed by atoms with Crippen LogP contribution < -0.4 is 28.4 Å². The molecule has 0 aliphatic carbocycles. The standard InChI is InChI=1S/C28H31NO7/c1-31-19-9-11-20(12-10-19)36-17-23-22-16-26(34-4)25(33-3)15-18(22)13-14-29(23)28(30)21-7-6-8-24(32-2)27(21)35-5/h6-12,15-16,23H,13-14,17H2,1-5H3/t23-/m0/s1. The van der Waals surface area contributed by atoms with Crippen molar-refractivity contribution >= 4 is 5.91 Å². The van der Waals surface area contributed by atoms with Gasteiger partial charge < -0.3 is 33.3 Å². The van der Waals surface area contributed by atoms with Crippen molar-refractivity contribution in [3.05, 3.63) is 71.3 Å². The Morgan fingerprint density at radius 3 is 2.11 bits per heavy atom. The molecule has 0 saturated carbocycles. The Balaban J connectivity index is 1.73. The van der Waals surface area contributed by atoms with Gasteiger partial charge in [-0.25, -0.2) is 0 Å². The smallest absolute Gasteiger partial charge is 0.258 e. The van der Waals surface area contributed by atoms with E-state index in [0.717, 1.165) is 16.9 Å². The minimum atomic E-state index is -0.376. The molecule has 1 heterocycles. The van der Waals surface area contributed by atoms with Crippen LogP contribution in [0, 0.1) is 0 Å². The van der Waals surface area contributed by atoms with Crippen LogP contribution in [0.2, 0.25) is 0 Å². The number of para-hydroxylation sites is 1. The molecule has 0 bridgehead atoms. The van der Waals surface area contributed by atoms with Crippen LogP contribution >= 0.6 is 0 Å². The summed E-state index contributed by atoms with van der Waals surface area (Å²) in [5.74, 6) is 3.39. The van der Waals surface area contributed by atoms with Crippen molar-refractivity contribution in [1.82, 2.24) is 4.90 Å². The Morgan fingerprint density at radius 1 is 0.806 bits per heavy atom. The fourth-order valence-corrected chi connectivity index (χ4v) is 4.51. The van der Waals surface area contributed by atoms with Crippen molar-refractivity contribution < 1.29 is 33.2 Å². The van der Waals surface area contributed by atoms with Crippen molar-refractivity contribution in [2.24, 2.45) is 0 Å². The molecule has 1 atom stereocenters. The molecule has 0 radical (unpaired) electrons. The normalized spacial score (nSPS) is 14.5. The molecule has 0 spiro atoms. The summed E-state index contributed by atoms with van der Waals surface area (Å²) in [5, 5.41) is 0. The van der Waals surface area contributed by atoms with Gasteiger partial charge in [-0.15, -0.1) is 0 Å². The molecule has 4 rings (SSSR count). The summed E-state index contributed by atoms with van der Waals surface area (Å²) in [7, 11) is 7.91. The highest BCUT2D eigenvalue weighted by Crippen LogP contribution is 2.40. The predicted molar refractivity (Wildman–Crippen MR) is 135 cm³/mol. The zero-order valence-electron chi connectivity index (χ0n) is 21.2. The Morgan fingerprint density at radius 2 is 1.47 bits per heavy atom. The minimum Gasteiger partial charge on any atom is -0.497 e. The maximum Gasteiger partial charge on any atom is 0.258 e. The van der Waals surface area contributed by atoms with E-state index < -0.39 is 0 Å². The molecule has 36 heavy (non-hydrogen) atoms. The van der Waals surface area contributed by atoms with Gasteiger partial charge in [0.2, 0.25) is 0 Å². The third kappa shape index (κ3) is 4.84. The van der Waals surface area contributed by atoms with Crippen LogP contribution in [0.25, 0.3) is 0 Å². The number of hydrogen-bond donors (Lipinski definition) is 0. The molecule has 190 valence electrons. The predicted octanol–water partition coefficient (Wildman–Crippen LogP) is 4.55. The van der Waals surface area contributed by atoms with Gasteiger partial charge in [0.1, 0.15) is 18.1 Å². The molecule has 1 aliphatic heterocycles. The van der Waals surface area contributed by atoms with Gasteiger partial charge in [0.05, 0.1) is 47.2 Å². The van der Waals surface area contributed by atoms with Crippen LogP contribution in [0.5, 0.6) is 34.5 Å². The number of carbonyl (C=O) groups is 1. The van der Waals surface area contributed by atoms with Crippen LogP contribution in [0.1, 0.15) is 27.5 Å². The summed E-state index contributed by atoms with van der Waals surface area (Å²) in [5.41, 5.74) is 2.45. The summed E-state index contributed by atoms with van der Waals surface area (Å²) < 4.78 is 33.5.